The number of halogens is 1. The normalized spacial score (nSPS) is 11.0. The standard InChI is InChI=1S/C22H30FN3O3/c1-17(2)26(21(27)14-18-7-9-19(23)10-8-18)16-22(28)25(12-13-29-4)15-20-6-5-11-24(20)3/h5-11,17H,12-16H2,1-4H3. The van der Waals surface area contributed by atoms with Gasteiger partial charge in [0.15, 0.2) is 0 Å². The molecule has 1 aromatic heterocycles. The molecule has 0 saturated carbocycles. The average molecular weight is 403 g/mol. The highest BCUT2D eigenvalue weighted by Gasteiger charge is 2.24. The molecule has 2 amide bonds. The predicted octanol–water partition coefficient (Wildman–Crippen LogP) is 2.62. The van der Waals surface area contributed by atoms with Crippen LogP contribution in [0.1, 0.15) is 25.1 Å². The molecule has 0 aliphatic heterocycles. The molecule has 0 fully saturated rings. The van der Waals surface area contributed by atoms with E-state index in [9.17, 15) is 14.0 Å². The summed E-state index contributed by atoms with van der Waals surface area (Å²) in [6, 6.07) is 9.61. The molecule has 2 rings (SSSR count). The summed E-state index contributed by atoms with van der Waals surface area (Å²) in [6.45, 7) is 5.06. The minimum Gasteiger partial charge on any atom is -0.383 e. The Bertz CT molecular complexity index is 802. The summed E-state index contributed by atoms with van der Waals surface area (Å²) in [6.07, 6.45) is 2.06. The van der Waals surface area contributed by atoms with Crippen LogP contribution in [-0.2, 0) is 34.3 Å². The molecule has 1 heterocycles. The van der Waals surface area contributed by atoms with Crippen LogP contribution in [0, 0.1) is 5.82 Å². The molecule has 0 spiro atoms. The Morgan fingerprint density at radius 2 is 1.83 bits per heavy atom. The monoisotopic (exact) mass is 403 g/mol. The van der Waals surface area contributed by atoms with Crippen molar-refractivity contribution in [3.05, 3.63) is 59.7 Å². The zero-order valence-electron chi connectivity index (χ0n) is 17.6. The minimum absolute atomic E-state index is 0.00810. The van der Waals surface area contributed by atoms with Crippen LogP contribution in [0.5, 0.6) is 0 Å². The van der Waals surface area contributed by atoms with E-state index in [1.165, 1.54) is 12.1 Å². The van der Waals surface area contributed by atoms with Gasteiger partial charge in [0.2, 0.25) is 11.8 Å². The van der Waals surface area contributed by atoms with Crippen LogP contribution in [0.3, 0.4) is 0 Å². The van der Waals surface area contributed by atoms with Gasteiger partial charge in [-0.25, -0.2) is 4.39 Å². The third-order valence-electron chi connectivity index (χ3n) is 4.84. The zero-order valence-corrected chi connectivity index (χ0v) is 17.6. The summed E-state index contributed by atoms with van der Waals surface area (Å²) in [5, 5.41) is 0. The molecule has 0 saturated heterocycles. The first-order valence-corrected chi connectivity index (χ1v) is 9.72. The van der Waals surface area contributed by atoms with Gasteiger partial charge in [-0.3, -0.25) is 9.59 Å². The van der Waals surface area contributed by atoms with Crippen molar-refractivity contribution in [2.45, 2.75) is 32.9 Å². The number of aromatic nitrogens is 1. The molecular weight excluding hydrogens is 373 g/mol. The molecule has 0 atom stereocenters. The van der Waals surface area contributed by atoms with Gasteiger partial charge < -0.3 is 19.1 Å². The number of carbonyl (C=O) groups is 2. The Kier molecular flexibility index (Phi) is 8.39. The van der Waals surface area contributed by atoms with Crippen molar-refractivity contribution in [1.29, 1.82) is 0 Å². The number of hydrogen-bond donors (Lipinski definition) is 0. The topological polar surface area (TPSA) is 54.8 Å². The van der Waals surface area contributed by atoms with Gasteiger partial charge in [0.25, 0.3) is 0 Å². The molecule has 0 aliphatic rings. The van der Waals surface area contributed by atoms with E-state index in [0.717, 1.165) is 11.3 Å². The Morgan fingerprint density at radius 1 is 1.14 bits per heavy atom. The Labute approximate surface area is 171 Å². The summed E-state index contributed by atoms with van der Waals surface area (Å²) >= 11 is 0. The van der Waals surface area contributed by atoms with Crippen molar-refractivity contribution in [3.8, 4) is 0 Å². The second kappa shape index (κ2) is 10.8. The van der Waals surface area contributed by atoms with Gasteiger partial charge in [-0.15, -0.1) is 0 Å². The maximum absolute atomic E-state index is 13.1. The quantitative estimate of drug-likeness (QED) is 0.613. The molecule has 6 nitrogen and oxygen atoms in total. The maximum atomic E-state index is 13.1. The Balaban J connectivity index is 2.08. The van der Waals surface area contributed by atoms with Crippen LogP contribution in [0.25, 0.3) is 0 Å². The summed E-state index contributed by atoms with van der Waals surface area (Å²) in [4.78, 5) is 29.1. The highest BCUT2D eigenvalue weighted by molar-refractivity contribution is 5.86. The summed E-state index contributed by atoms with van der Waals surface area (Å²) in [5.74, 6) is -0.638. The number of benzene rings is 1. The third kappa shape index (κ3) is 6.71. The van der Waals surface area contributed by atoms with Gasteiger partial charge in [-0.05, 0) is 43.7 Å². The molecular formula is C22H30FN3O3. The van der Waals surface area contributed by atoms with Crippen molar-refractivity contribution in [1.82, 2.24) is 14.4 Å². The number of carbonyl (C=O) groups excluding carboxylic acids is 2. The molecule has 0 bridgehead atoms. The van der Waals surface area contributed by atoms with E-state index in [4.69, 9.17) is 4.74 Å². The lowest BCUT2D eigenvalue weighted by Crippen LogP contribution is -2.47. The third-order valence-corrected chi connectivity index (χ3v) is 4.84. The molecule has 2 aromatic rings. The van der Waals surface area contributed by atoms with E-state index in [2.05, 4.69) is 0 Å². The van der Waals surface area contributed by atoms with Gasteiger partial charge in [0, 0.05) is 38.6 Å². The van der Waals surface area contributed by atoms with E-state index < -0.39 is 0 Å². The van der Waals surface area contributed by atoms with E-state index in [1.807, 2.05) is 43.8 Å². The second-order valence-electron chi connectivity index (χ2n) is 7.34. The number of nitrogens with zero attached hydrogens (tertiary/aromatic N) is 3. The van der Waals surface area contributed by atoms with Crippen LogP contribution >= 0.6 is 0 Å². The Hall–Kier alpha value is -2.67. The summed E-state index contributed by atoms with van der Waals surface area (Å²) in [7, 11) is 3.53. The van der Waals surface area contributed by atoms with Crippen LogP contribution in [-0.4, -0.2) is 59.0 Å². The van der Waals surface area contributed by atoms with Gasteiger partial charge in [-0.1, -0.05) is 12.1 Å². The van der Waals surface area contributed by atoms with Crippen molar-refractivity contribution < 1.29 is 18.7 Å². The predicted molar refractivity (Wildman–Crippen MR) is 110 cm³/mol. The summed E-state index contributed by atoms with van der Waals surface area (Å²) in [5.41, 5.74) is 1.72. The fraction of sp³-hybridized carbons (Fsp3) is 0.455. The number of aryl methyl sites for hydroxylation is 1. The minimum atomic E-state index is -0.341. The van der Waals surface area contributed by atoms with Crippen molar-refractivity contribution in [2.24, 2.45) is 7.05 Å². The van der Waals surface area contributed by atoms with Gasteiger partial charge in [0.1, 0.15) is 12.4 Å². The SMILES string of the molecule is COCCN(Cc1cccn1C)C(=O)CN(C(=O)Cc1ccc(F)cc1)C(C)C. The fourth-order valence-electron chi connectivity index (χ4n) is 3.03. The highest BCUT2D eigenvalue weighted by Crippen LogP contribution is 2.11. The van der Waals surface area contributed by atoms with Gasteiger partial charge in [-0.2, -0.15) is 0 Å². The van der Waals surface area contributed by atoms with Crippen LogP contribution in [0.15, 0.2) is 42.6 Å². The largest absolute Gasteiger partial charge is 0.383 e. The lowest BCUT2D eigenvalue weighted by atomic mass is 10.1. The Morgan fingerprint density at radius 3 is 2.38 bits per heavy atom. The maximum Gasteiger partial charge on any atom is 0.242 e. The number of rotatable bonds is 10. The lowest BCUT2D eigenvalue weighted by Gasteiger charge is -2.30. The van der Waals surface area contributed by atoms with E-state index >= 15 is 0 Å². The zero-order chi connectivity index (χ0) is 21.4. The molecule has 0 radical (unpaired) electrons. The van der Waals surface area contributed by atoms with E-state index in [1.54, 1.807) is 29.0 Å². The second-order valence-corrected chi connectivity index (χ2v) is 7.34. The first-order valence-electron chi connectivity index (χ1n) is 9.72. The molecule has 7 heteroatoms. The molecule has 158 valence electrons. The van der Waals surface area contributed by atoms with Crippen LogP contribution in [0.4, 0.5) is 4.39 Å². The first-order chi connectivity index (χ1) is 13.8. The fourth-order valence-corrected chi connectivity index (χ4v) is 3.03. The average Bonchev–Trinajstić information content (AvgIpc) is 3.08. The first kappa shape index (κ1) is 22.6. The number of hydrogen-bond acceptors (Lipinski definition) is 3. The number of methoxy groups -OCH3 is 1. The highest BCUT2D eigenvalue weighted by atomic mass is 19.1. The van der Waals surface area contributed by atoms with E-state index in [0.29, 0.717) is 19.7 Å². The smallest absolute Gasteiger partial charge is 0.242 e. The molecule has 1 aromatic carbocycles. The van der Waals surface area contributed by atoms with Gasteiger partial charge in [0.05, 0.1) is 19.6 Å². The van der Waals surface area contributed by atoms with Crippen LogP contribution in [0.2, 0.25) is 0 Å². The van der Waals surface area contributed by atoms with E-state index in [-0.39, 0.29) is 36.6 Å². The van der Waals surface area contributed by atoms with Gasteiger partial charge >= 0.3 is 0 Å². The number of ether oxygens (including phenoxy) is 1. The molecule has 29 heavy (non-hydrogen) atoms. The summed E-state index contributed by atoms with van der Waals surface area (Å²) < 4.78 is 20.2. The number of amides is 2. The van der Waals surface area contributed by atoms with Crippen molar-refractivity contribution in [3.63, 3.8) is 0 Å². The van der Waals surface area contributed by atoms with Crippen LogP contribution < -0.4 is 0 Å². The van der Waals surface area contributed by atoms with Crippen molar-refractivity contribution >= 4 is 11.8 Å². The van der Waals surface area contributed by atoms with Crippen molar-refractivity contribution in [2.75, 3.05) is 26.8 Å². The lowest BCUT2D eigenvalue weighted by molar-refractivity contribution is -0.142. The molecule has 0 unspecified atom stereocenters. The molecule has 0 aliphatic carbocycles. The molecule has 0 N–H and O–H groups in total.